The molecule has 0 bridgehead atoms. The van der Waals surface area contributed by atoms with E-state index in [0.717, 1.165) is 0 Å². The summed E-state index contributed by atoms with van der Waals surface area (Å²) in [4.78, 5) is 23.5. The molecule has 30 heavy (non-hydrogen) atoms. The fourth-order valence-corrected chi connectivity index (χ4v) is 2.68. The maximum Gasteiger partial charge on any atom is 0.471 e. The van der Waals surface area contributed by atoms with Gasteiger partial charge >= 0.3 is 12.1 Å². The summed E-state index contributed by atoms with van der Waals surface area (Å²) in [5.74, 6) is -2.84. The van der Waals surface area contributed by atoms with Gasteiger partial charge in [0.2, 0.25) is 0 Å². The van der Waals surface area contributed by atoms with Crippen LogP contribution in [0.15, 0.2) is 60.8 Å². The average molecular weight is 417 g/mol. The Morgan fingerprint density at radius 2 is 1.80 bits per heavy atom. The summed E-state index contributed by atoms with van der Waals surface area (Å²) in [7, 11) is 0. The van der Waals surface area contributed by atoms with E-state index >= 15 is 0 Å². The maximum atomic E-state index is 13.1. The Morgan fingerprint density at radius 1 is 1.10 bits per heavy atom. The van der Waals surface area contributed by atoms with Crippen LogP contribution in [0, 0.1) is 12.7 Å². The van der Waals surface area contributed by atoms with Crippen molar-refractivity contribution in [3.05, 3.63) is 83.4 Å². The highest BCUT2D eigenvalue weighted by Crippen LogP contribution is 2.20. The fourth-order valence-electron chi connectivity index (χ4n) is 2.68. The Kier molecular flexibility index (Phi) is 5.81. The number of halogens is 4. The minimum atomic E-state index is -5.00. The molecule has 2 aromatic carbocycles. The third-order valence-corrected chi connectivity index (χ3v) is 4.18. The van der Waals surface area contributed by atoms with Gasteiger partial charge in [0.15, 0.2) is 5.78 Å². The van der Waals surface area contributed by atoms with Crippen LogP contribution in [-0.2, 0) is 4.79 Å². The number of nitrogens with one attached hydrogen (secondary N) is 1. The first-order valence-corrected chi connectivity index (χ1v) is 8.66. The molecule has 0 saturated heterocycles. The number of benzene rings is 2. The van der Waals surface area contributed by atoms with E-state index in [-0.39, 0.29) is 11.5 Å². The molecule has 0 radical (unpaired) electrons. The van der Waals surface area contributed by atoms with E-state index in [4.69, 9.17) is 0 Å². The van der Waals surface area contributed by atoms with Crippen LogP contribution in [0.4, 0.5) is 23.2 Å². The molecule has 154 valence electrons. The molecule has 0 aliphatic carbocycles. The highest BCUT2D eigenvalue weighted by Gasteiger charge is 2.38. The molecule has 0 aliphatic rings. The normalized spacial score (nSPS) is 11.6. The zero-order valence-electron chi connectivity index (χ0n) is 15.6. The van der Waals surface area contributed by atoms with E-state index in [2.05, 4.69) is 5.10 Å². The van der Waals surface area contributed by atoms with E-state index in [1.54, 1.807) is 18.3 Å². The van der Waals surface area contributed by atoms with E-state index in [9.17, 15) is 27.2 Å². The zero-order valence-corrected chi connectivity index (χ0v) is 15.6. The zero-order chi connectivity index (χ0) is 21.9. The number of hydrogen-bond donors (Lipinski definition) is 1. The van der Waals surface area contributed by atoms with Gasteiger partial charge in [0.05, 0.1) is 23.1 Å². The second-order valence-corrected chi connectivity index (χ2v) is 6.31. The molecule has 1 aromatic heterocycles. The van der Waals surface area contributed by atoms with E-state index < -0.39 is 17.9 Å². The SMILES string of the molecule is Cc1c(C(=O)/C=C/c2cccc(NC(=O)C(F)(F)F)c2)cnn1-c1ccc(F)cc1. The number of carbonyl (C=O) groups excluding carboxylic acids is 2. The van der Waals surface area contributed by atoms with Crippen LogP contribution in [0.5, 0.6) is 0 Å². The van der Waals surface area contributed by atoms with Gasteiger partial charge in [0, 0.05) is 5.69 Å². The van der Waals surface area contributed by atoms with Gasteiger partial charge in [-0.25, -0.2) is 9.07 Å². The van der Waals surface area contributed by atoms with Crippen molar-refractivity contribution in [2.24, 2.45) is 0 Å². The van der Waals surface area contributed by atoms with Crippen molar-refractivity contribution in [2.75, 3.05) is 5.32 Å². The van der Waals surface area contributed by atoms with Crippen LogP contribution in [0.25, 0.3) is 11.8 Å². The lowest BCUT2D eigenvalue weighted by Crippen LogP contribution is -2.29. The lowest BCUT2D eigenvalue weighted by Gasteiger charge is -2.08. The molecule has 0 spiro atoms. The Hall–Kier alpha value is -3.75. The lowest BCUT2D eigenvalue weighted by molar-refractivity contribution is -0.167. The van der Waals surface area contributed by atoms with Crippen LogP contribution in [-0.4, -0.2) is 27.6 Å². The molecule has 3 rings (SSSR count). The Balaban J connectivity index is 1.76. The topological polar surface area (TPSA) is 64.0 Å². The van der Waals surface area contributed by atoms with E-state index in [1.807, 2.05) is 0 Å². The van der Waals surface area contributed by atoms with Gasteiger partial charge in [-0.2, -0.15) is 18.3 Å². The maximum absolute atomic E-state index is 13.1. The number of rotatable bonds is 5. The number of ketones is 1. The standard InChI is InChI=1S/C21H15F4N3O2/c1-13-18(12-26-28(13)17-8-6-15(22)7-9-17)19(29)10-5-14-3-2-4-16(11-14)27-20(30)21(23,24)25/h2-12H,1H3,(H,27,30)/b10-5+. The molecule has 0 fully saturated rings. The molecule has 3 aromatic rings. The predicted molar refractivity (Wildman–Crippen MR) is 103 cm³/mol. The van der Waals surface area contributed by atoms with Gasteiger partial charge in [-0.05, 0) is 55.0 Å². The van der Waals surface area contributed by atoms with Gasteiger partial charge in [-0.3, -0.25) is 9.59 Å². The second kappa shape index (κ2) is 8.32. The monoisotopic (exact) mass is 417 g/mol. The molecular weight excluding hydrogens is 402 g/mol. The number of nitrogens with zero attached hydrogens (tertiary/aromatic N) is 2. The van der Waals surface area contributed by atoms with Crippen LogP contribution < -0.4 is 5.32 Å². The third kappa shape index (κ3) is 4.80. The highest BCUT2D eigenvalue weighted by atomic mass is 19.4. The minimum absolute atomic E-state index is 0.0489. The fraction of sp³-hybridized carbons (Fsp3) is 0.0952. The molecule has 0 aliphatic heterocycles. The number of aromatic nitrogens is 2. The van der Waals surface area contributed by atoms with Gasteiger partial charge < -0.3 is 5.32 Å². The number of hydrogen-bond acceptors (Lipinski definition) is 3. The van der Waals surface area contributed by atoms with Gasteiger partial charge in [-0.15, -0.1) is 0 Å². The minimum Gasteiger partial charge on any atom is -0.318 e. The van der Waals surface area contributed by atoms with Crippen molar-refractivity contribution in [2.45, 2.75) is 13.1 Å². The first kappa shape index (κ1) is 21.0. The molecule has 9 heteroatoms. The molecule has 0 saturated carbocycles. The summed E-state index contributed by atoms with van der Waals surface area (Å²) in [5, 5.41) is 5.90. The summed E-state index contributed by atoms with van der Waals surface area (Å²) in [5.41, 5.74) is 1.82. The molecule has 1 heterocycles. The lowest BCUT2D eigenvalue weighted by atomic mass is 10.1. The van der Waals surface area contributed by atoms with E-state index in [0.29, 0.717) is 22.5 Å². The second-order valence-electron chi connectivity index (χ2n) is 6.31. The summed E-state index contributed by atoms with van der Waals surface area (Å²) in [6, 6.07) is 11.3. The summed E-state index contributed by atoms with van der Waals surface area (Å²) in [6.07, 6.45) is -0.945. The molecule has 1 amide bonds. The van der Waals surface area contributed by atoms with Crippen molar-refractivity contribution < 1.29 is 27.2 Å². The molecule has 0 atom stereocenters. The smallest absolute Gasteiger partial charge is 0.318 e. The molecule has 5 nitrogen and oxygen atoms in total. The molecular formula is C21H15F4N3O2. The Labute approximate surface area is 168 Å². The van der Waals surface area contributed by atoms with Gasteiger partial charge in [-0.1, -0.05) is 18.2 Å². The van der Waals surface area contributed by atoms with Crippen LogP contribution in [0.3, 0.4) is 0 Å². The third-order valence-electron chi connectivity index (χ3n) is 4.18. The molecule has 1 N–H and O–H groups in total. The summed E-state index contributed by atoms with van der Waals surface area (Å²) < 4.78 is 51.7. The Morgan fingerprint density at radius 3 is 2.47 bits per heavy atom. The van der Waals surface area contributed by atoms with Crippen LogP contribution >= 0.6 is 0 Å². The quantitative estimate of drug-likeness (QED) is 0.371. The summed E-state index contributed by atoms with van der Waals surface area (Å²) >= 11 is 0. The summed E-state index contributed by atoms with van der Waals surface area (Å²) in [6.45, 7) is 1.69. The van der Waals surface area contributed by atoms with Crippen molar-refractivity contribution in [3.63, 3.8) is 0 Å². The largest absolute Gasteiger partial charge is 0.471 e. The number of alkyl halides is 3. The first-order chi connectivity index (χ1) is 14.1. The number of amides is 1. The van der Waals surface area contributed by atoms with E-state index in [1.165, 1.54) is 65.5 Å². The average Bonchev–Trinajstić information content (AvgIpc) is 3.08. The van der Waals surface area contributed by atoms with Gasteiger partial charge in [0.1, 0.15) is 5.82 Å². The number of carbonyl (C=O) groups is 2. The van der Waals surface area contributed by atoms with Gasteiger partial charge in [0.25, 0.3) is 0 Å². The highest BCUT2D eigenvalue weighted by molar-refractivity contribution is 6.07. The number of anilines is 1. The van der Waals surface area contributed by atoms with Crippen LogP contribution in [0.1, 0.15) is 21.6 Å². The number of allylic oxidation sites excluding steroid dienone is 1. The first-order valence-electron chi connectivity index (χ1n) is 8.66. The molecule has 0 unspecified atom stereocenters. The van der Waals surface area contributed by atoms with Crippen molar-refractivity contribution in [1.82, 2.24) is 9.78 Å². The Bertz CT molecular complexity index is 1120. The van der Waals surface area contributed by atoms with Crippen molar-refractivity contribution in [3.8, 4) is 5.69 Å². The predicted octanol–water partition coefficient (Wildman–Crippen LogP) is 4.72. The van der Waals surface area contributed by atoms with Crippen molar-refractivity contribution in [1.29, 1.82) is 0 Å². The van der Waals surface area contributed by atoms with Crippen LogP contribution in [0.2, 0.25) is 0 Å². The van der Waals surface area contributed by atoms with Crippen molar-refractivity contribution >= 4 is 23.5 Å².